The first-order valence-corrected chi connectivity index (χ1v) is 4.78. The summed E-state index contributed by atoms with van der Waals surface area (Å²) in [5.41, 5.74) is 0.169. The molecule has 0 radical (unpaired) electrons. The maximum Gasteiger partial charge on any atom is 0.339 e. The monoisotopic (exact) mass is 312 g/mol. The second kappa shape index (κ2) is 4.15. The van der Waals surface area contributed by atoms with Crippen LogP contribution in [0.3, 0.4) is 0 Å². The number of hydrogen-bond donors (Lipinski definition) is 1. The molecule has 13 heavy (non-hydrogen) atoms. The number of phenols is 1. The van der Waals surface area contributed by atoms with E-state index in [4.69, 9.17) is 11.6 Å². The first kappa shape index (κ1) is 10.6. The van der Waals surface area contributed by atoms with Gasteiger partial charge in [0.1, 0.15) is 5.75 Å². The molecule has 0 aliphatic heterocycles. The first-order valence-electron chi connectivity index (χ1n) is 3.32. The maximum absolute atomic E-state index is 11.1. The quantitative estimate of drug-likeness (QED) is 0.640. The van der Waals surface area contributed by atoms with Crippen LogP contribution in [0.5, 0.6) is 5.75 Å². The minimum absolute atomic E-state index is 0.0189. The lowest BCUT2D eigenvalue weighted by Crippen LogP contribution is -2.02. The van der Waals surface area contributed by atoms with E-state index in [9.17, 15) is 9.90 Å². The molecule has 0 atom stereocenters. The number of carbonyl (C=O) groups excluding carboxylic acids is 1. The van der Waals surface area contributed by atoms with Crippen LogP contribution in [0.25, 0.3) is 0 Å². The normalized spacial score (nSPS) is 9.77. The molecule has 0 bridgehead atoms. The number of phenolic OH excluding ortho intramolecular Hbond substituents is 1. The Morgan fingerprint density at radius 1 is 1.62 bits per heavy atom. The molecule has 1 N–H and O–H groups in total. The number of carbonyl (C=O) groups is 1. The van der Waals surface area contributed by atoms with Crippen LogP contribution < -0.4 is 0 Å². The summed E-state index contributed by atoms with van der Waals surface area (Å²) in [7, 11) is 1.26. The van der Waals surface area contributed by atoms with Crippen molar-refractivity contribution >= 4 is 40.2 Å². The fraction of sp³-hybridized carbons (Fsp3) is 0.125. The molecule has 70 valence electrons. The molecule has 0 saturated carbocycles. The lowest BCUT2D eigenvalue weighted by molar-refractivity contribution is 0.0600. The number of halogens is 2. The summed E-state index contributed by atoms with van der Waals surface area (Å²) in [6.45, 7) is 0. The fourth-order valence-corrected chi connectivity index (χ4v) is 1.70. The molecule has 0 amide bonds. The van der Waals surface area contributed by atoms with Gasteiger partial charge in [-0.2, -0.15) is 0 Å². The van der Waals surface area contributed by atoms with Gasteiger partial charge in [-0.05, 0) is 34.7 Å². The Kier molecular flexibility index (Phi) is 3.38. The SMILES string of the molecule is COC(=O)c1cc(O)c(I)cc1Cl. The highest BCUT2D eigenvalue weighted by molar-refractivity contribution is 14.1. The Hall–Kier alpha value is -0.490. The van der Waals surface area contributed by atoms with E-state index in [1.54, 1.807) is 0 Å². The van der Waals surface area contributed by atoms with Gasteiger partial charge in [0.05, 0.1) is 21.3 Å². The number of hydrogen-bond acceptors (Lipinski definition) is 3. The zero-order valence-corrected chi connectivity index (χ0v) is 9.59. The van der Waals surface area contributed by atoms with Crippen molar-refractivity contribution in [3.05, 3.63) is 26.3 Å². The fourth-order valence-electron chi connectivity index (χ4n) is 0.804. The molecule has 0 aliphatic rings. The van der Waals surface area contributed by atoms with E-state index in [1.807, 2.05) is 22.6 Å². The van der Waals surface area contributed by atoms with Crippen LogP contribution in [0.1, 0.15) is 10.4 Å². The van der Waals surface area contributed by atoms with E-state index in [0.29, 0.717) is 3.57 Å². The second-order valence-corrected chi connectivity index (χ2v) is 3.84. The number of ether oxygens (including phenoxy) is 1. The van der Waals surface area contributed by atoms with Crippen molar-refractivity contribution in [2.45, 2.75) is 0 Å². The van der Waals surface area contributed by atoms with Crippen molar-refractivity contribution < 1.29 is 14.6 Å². The number of benzene rings is 1. The summed E-state index contributed by atoms with van der Waals surface area (Å²) in [6.07, 6.45) is 0. The van der Waals surface area contributed by atoms with E-state index in [0.717, 1.165) is 0 Å². The smallest absolute Gasteiger partial charge is 0.339 e. The summed E-state index contributed by atoms with van der Waals surface area (Å²) in [5.74, 6) is -0.540. The molecule has 1 rings (SSSR count). The van der Waals surface area contributed by atoms with Gasteiger partial charge in [0, 0.05) is 0 Å². The summed E-state index contributed by atoms with van der Waals surface area (Å²) < 4.78 is 5.07. The largest absolute Gasteiger partial charge is 0.507 e. The third-order valence-corrected chi connectivity index (χ3v) is 2.62. The Balaban J connectivity index is 3.23. The summed E-state index contributed by atoms with van der Waals surface area (Å²) >= 11 is 7.67. The number of rotatable bonds is 1. The summed E-state index contributed by atoms with van der Waals surface area (Å²) in [4.78, 5) is 11.1. The zero-order chi connectivity index (χ0) is 10.0. The van der Waals surface area contributed by atoms with Gasteiger partial charge in [-0.15, -0.1) is 0 Å². The van der Waals surface area contributed by atoms with E-state index < -0.39 is 5.97 Å². The van der Waals surface area contributed by atoms with Gasteiger partial charge in [0.2, 0.25) is 0 Å². The minimum Gasteiger partial charge on any atom is -0.507 e. The lowest BCUT2D eigenvalue weighted by atomic mass is 10.2. The van der Waals surface area contributed by atoms with Crippen LogP contribution in [0.2, 0.25) is 5.02 Å². The van der Waals surface area contributed by atoms with Crippen LogP contribution in [0.15, 0.2) is 12.1 Å². The predicted octanol–water partition coefficient (Wildman–Crippen LogP) is 2.44. The second-order valence-electron chi connectivity index (χ2n) is 2.28. The first-order chi connectivity index (χ1) is 6.06. The van der Waals surface area contributed by atoms with Crippen LogP contribution in [0, 0.1) is 3.57 Å². The Morgan fingerprint density at radius 3 is 2.77 bits per heavy atom. The Morgan fingerprint density at radius 2 is 2.23 bits per heavy atom. The molecule has 5 heteroatoms. The molecule has 0 heterocycles. The van der Waals surface area contributed by atoms with Gasteiger partial charge in [-0.1, -0.05) is 11.6 Å². The molecule has 0 aliphatic carbocycles. The van der Waals surface area contributed by atoms with Crippen molar-refractivity contribution in [1.29, 1.82) is 0 Å². The van der Waals surface area contributed by atoms with Crippen LogP contribution >= 0.6 is 34.2 Å². The van der Waals surface area contributed by atoms with E-state index >= 15 is 0 Å². The molecule has 0 spiro atoms. The van der Waals surface area contributed by atoms with Gasteiger partial charge in [0.15, 0.2) is 0 Å². The predicted molar refractivity (Wildman–Crippen MR) is 57.2 cm³/mol. The highest BCUT2D eigenvalue weighted by Crippen LogP contribution is 2.27. The van der Waals surface area contributed by atoms with E-state index in [-0.39, 0.29) is 16.3 Å². The average Bonchev–Trinajstić information content (AvgIpc) is 2.10. The summed E-state index contributed by atoms with van der Waals surface area (Å²) in [6, 6.07) is 2.79. The molecule has 0 aromatic heterocycles. The number of aromatic hydroxyl groups is 1. The number of methoxy groups -OCH3 is 1. The highest BCUT2D eigenvalue weighted by Gasteiger charge is 2.13. The third kappa shape index (κ3) is 2.25. The van der Waals surface area contributed by atoms with Gasteiger partial charge in [-0.25, -0.2) is 4.79 Å². The Bertz CT molecular complexity index is 351. The van der Waals surface area contributed by atoms with E-state index in [1.165, 1.54) is 19.2 Å². The molecule has 1 aromatic rings. The molecular formula is C8H6ClIO3. The van der Waals surface area contributed by atoms with Gasteiger partial charge < -0.3 is 9.84 Å². The topological polar surface area (TPSA) is 46.5 Å². The van der Waals surface area contributed by atoms with Crippen molar-refractivity contribution in [2.24, 2.45) is 0 Å². The molecule has 3 nitrogen and oxygen atoms in total. The highest BCUT2D eigenvalue weighted by atomic mass is 127. The molecule has 0 fully saturated rings. The maximum atomic E-state index is 11.1. The molecular weight excluding hydrogens is 306 g/mol. The molecule has 0 unspecified atom stereocenters. The Labute approximate surface area is 93.8 Å². The van der Waals surface area contributed by atoms with Crippen LogP contribution in [-0.4, -0.2) is 18.2 Å². The van der Waals surface area contributed by atoms with Gasteiger partial charge >= 0.3 is 5.97 Å². The summed E-state index contributed by atoms with van der Waals surface area (Å²) in [5, 5.41) is 9.57. The number of esters is 1. The molecule has 1 aromatic carbocycles. The van der Waals surface area contributed by atoms with Crippen LogP contribution in [0.4, 0.5) is 0 Å². The zero-order valence-electron chi connectivity index (χ0n) is 6.67. The van der Waals surface area contributed by atoms with Gasteiger partial charge in [-0.3, -0.25) is 0 Å². The van der Waals surface area contributed by atoms with Crippen molar-refractivity contribution in [1.82, 2.24) is 0 Å². The van der Waals surface area contributed by atoms with E-state index in [2.05, 4.69) is 4.74 Å². The van der Waals surface area contributed by atoms with Crippen molar-refractivity contribution in [3.63, 3.8) is 0 Å². The molecule has 0 saturated heterocycles. The van der Waals surface area contributed by atoms with Crippen LogP contribution in [-0.2, 0) is 4.74 Å². The minimum atomic E-state index is -0.559. The average molecular weight is 312 g/mol. The third-order valence-electron chi connectivity index (χ3n) is 1.44. The van der Waals surface area contributed by atoms with Crippen molar-refractivity contribution in [2.75, 3.05) is 7.11 Å². The standard InChI is InChI=1S/C8H6ClIO3/c1-13-8(12)4-2-7(11)6(10)3-5(4)9/h2-3,11H,1H3. The van der Waals surface area contributed by atoms with Crippen molar-refractivity contribution in [3.8, 4) is 5.75 Å². The lowest BCUT2D eigenvalue weighted by Gasteiger charge is -2.03. The van der Waals surface area contributed by atoms with Gasteiger partial charge in [0.25, 0.3) is 0 Å².